The highest BCUT2D eigenvalue weighted by molar-refractivity contribution is 6.30. The number of imidazole rings is 1. The van der Waals surface area contributed by atoms with Crippen LogP contribution in [-0.4, -0.2) is 43.0 Å². The van der Waals surface area contributed by atoms with Crippen LogP contribution in [0, 0.1) is 6.92 Å². The molecular formula is C23H21ClN6O2. The molecule has 0 amide bonds. The second-order valence-corrected chi connectivity index (χ2v) is 7.84. The van der Waals surface area contributed by atoms with Gasteiger partial charge in [-0.15, -0.1) is 0 Å². The molecule has 8 nitrogen and oxygen atoms in total. The van der Waals surface area contributed by atoms with Gasteiger partial charge in [0.15, 0.2) is 23.2 Å². The minimum absolute atomic E-state index is 0.268. The van der Waals surface area contributed by atoms with Gasteiger partial charge < -0.3 is 9.47 Å². The number of benzene rings is 1. The van der Waals surface area contributed by atoms with E-state index in [1.54, 1.807) is 19.6 Å². The summed E-state index contributed by atoms with van der Waals surface area (Å²) in [6.45, 7) is 3.16. The fraction of sp³-hybridized carbons (Fsp3) is 0.217. The quantitative estimate of drug-likeness (QED) is 0.457. The van der Waals surface area contributed by atoms with Gasteiger partial charge >= 0.3 is 0 Å². The first-order valence-electron chi connectivity index (χ1n) is 10.2. The Labute approximate surface area is 190 Å². The molecule has 9 heteroatoms. The average molecular weight is 449 g/mol. The molecule has 3 aromatic heterocycles. The number of aromatic nitrogens is 6. The van der Waals surface area contributed by atoms with Gasteiger partial charge in [0.1, 0.15) is 12.4 Å². The Bertz CT molecular complexity index is 1280. The summed E-state index contributed by atoms with van der Waals surface area (Å²) >= 11 is 6.02. The molecule has 32 heavy (non-hydrogen) atoms. The number of halogens is 1. The Morgan fingerprint density at radius 1 is 1.19 bits per heavy atom. The van der Waals surface area contributed by atoms with Crippen molar-refractivity contribution in [2.24, 2.45) is 0 Å². The van der Waals surface area contributed by atoms with E-state index < -0.39 is 0 Å². The number of nitrogens with zero attached hydrogens (tertiary/aromatic N) is 6. The Morgan fingerprint density at radius 2 is 2.03 bits per heavy atom. The maximum atomic E-state index is 6.02. The van der Waals surface area contributed by atoms with Crippen molar-refractivity contribution in [1.29, 1.82) is 0 Å². The normalized spacial score (nSPS) is 15.8. The summed E-state index contributed by atoms with van der Waals surface area (Å²) in [6, 6.07) is 9.53. The van der Waals surface area contributed by atoms with Crippen LogP contribution in [0.3, 0.4) is 0 Å². The van der Waals surface area contributed by atoms with Gasteiger partial charge in [-0.1, -0.05) is 23.7 Å². The van der Waals surface area contributed by atoms with Crippen molar-refractivity contribution in [1.82, 2.24) is 29.3 Å². The van der Waals surface area contributed by atoms with Gasteiger partial charge in [-0.25, -0.2) is 19.6 Å². The van der Waals surface area contributed by atoms with Crippen molar-refractivity contribution >= 4 is 23.8 Å². The highest BCUT2D eigenvalue weighted by Crippen LogP contribution is 2.29. The lowest BCUT2D eigenvalue weighted by Gasteiger charge is -2.23. The van der Waals surface area contributed by atoms with Gasteiger partial charge in [0.25, 0.3) is 0 Å². The molecule has 1 aliphatic rings. The van der Waals surface area contributed by atoms with Gasteiger partial charge in [0.05, 0.1) is 26.0 Å². The molecule has 0 saturated carbocycles. The third-order valence-corrected chi connectivity index (χ3v) is 5.42. The standard InChI is InChI=1S/C23H21ClN6O2/c1-15-13-29(14-26-15)22-19(31-2)11-16(12-25-22)3-8-20-27-23-21(32-10-9-30(23)28-20)17-4-6-18(24)7-5-17/h3-8,11-14,21H,9-10H2,1-2H3/b8-3+. The lowest BCUT2D eigenvalue weighted by Crippen LogP contribution is -2.23. The summed E-state index contributed by atoms with van der Waals surface area (Å²) in [5, 5.41) is 5.31. The predicted molar refractivity (Wildman–Crippen MR) is 121 cm³/mol. The van der Waals surface area contributed by atoms with E-state index >= 15 is 0 Å². The summed E-state index contributed by atoms with van der Waals surface area (Å²) in [7, 11) is 1.62. The number of aryl methyl sites for hydroxylation is 1. The average Bonchev–Trinajstić information content (AvgIpc) is 3.43. The molecule has 0 fully saturated rings. The smallest absolute Gasteiger partial charge is 0.180 e. The molecule has 1 atom stereocenters. The molecule has 0 aliphatic carbocycles. The van der Waals surface area contributed by atoms with Crippen LogP contribution in [0.5, 0.6) is 5.75 Å². The van der Waals surface area contributed by atoms with Crippen molar-refractivity contribution in [2.75, 3.05) is 13.7 Å². The maximum Gasteiger partial charge on any atom is 0.180 e. The van der Waals surface area contributed by atoms with E-state index in [2.05, 4.69) is 15.1 Å². The van der Waals surface area contributed by atoms with Gasteiger partial charge in [0.2, 0.25) is 0 Å². The monoisotopic (exact) mass is 448 g/mol. The van der Waals surface area contributed by atoms with E-state index in [1.807, 2.05) is 64.9 Å². The van der Waals surface area contributed by atoms with Crippen molar-refractivity contribution in [2.45, 2.75) is 19.6 Å². The molecule has 4 aromatic rings. The van der Waals surface area contributed by atoms with E-state index in [0.717, 1.165) is 22.6 Å². The molecule has 0 spiro atoms. The topological polar surface area (TPSA) is 79.9 Å². The van der Waals surface area contributed by atoms with Crippen LogP contribution < -0.4 is 4.74 Å². The Kier molecular flexibility index (Phi) is 5.46. The molecule has 1 aromatic carbocycles. The van der Waals surface area contributed by atoms with E-state index in [9.17, 15) is 0 Å². The van der Waals surface area contributed by atoms with Gasteiger partial charge in [-0.05, 0) is 48.4 Å². The van der Waals surface area contributed by atoms with Crippen LogP contribution in [-0.2, 0) is 11.3 Å². The number of pyridine rings is 1. The summed E-state index contributed by atoms with van der Waals surface area (Å²) < 4.78 is 15.2. The molecule has 0 N–H and O–H groups in total. The van der Waals surface area contributed by atoms with Gasteiger partial charge in [-0.3, -0.25) is 4.57 Å². The van der Waals surface area contributed by atoms with Crippen LogP contribution in [0.15, 0.2) is 49.1 Å². The van der Waals surface area contributed by atoms with E-state index in [-0.39, 0.29) is 6.10 Å². The lowest BCUT2D eigenvalue weighted by atomic mass is 10.1. The Balaban J connectivity index is 1.40. The highest BCUT2D eigenvalue weighted by atomic mass is 35.5. The highest BCUT2D eigenvalue weighted by Gasteiger charge is 2.26. The number of rotatable bonds is 5. The third-order valence-electron chi connectivity index (χ3n) is 5.17. The Morgan fingerprint density at radius 3 is 2.78 bits per heavy atom. The zero-order valence-electron chi connectivity index (χ0n) is 17.6. The van der Waals surface area contributed by atoms with Crippen molar-refractivity contribution in [3.63, 3.8) is 0 Å². The van der Waals surface area contributed by atoms with Crippen LogP contribution in [0.4, 0.5) is 0 Å². The lowest BCUT2D eigenvalue weighted by molar-refractivity contribution is 0.0390. The van der Waals surface area contributed by atoms with Crippen molar-refractivity contribution in [3.8, 4) is 11.6 Å². The van der Waals surface area contributed by atoms with E-state index in [4.69, 9.17) is 26.1 Å². The minimum atomic E-state index is -0.268. The Hall–Kier alpha value is -3.49. The second-order valence-electron chi connectivity index (χ2n) is 7.40. The first-order valence-corrected chi connectivity index (χ1v) is 10.5. The zero-order valence-corrected chi connectivity index (χ0v) is 18.4. The molecule has 0 radical (unpaired) electrons. The van der Waals surface area contributed by atoms with Crippen molar-refractivity contribution < 1.29 is 9.47 Å². The molecule has 0 bridgehead atoms. The zero-order chi connectivity index (χ0) is 22.1. The molecule has 1 aliphatic heterocycles. The predicted octanol–water partition coefficient (Wildman–Crippen LogP) is 4.12. The van der Waals surface area contributed by atoms with Crippen LogP contribution >= 0.6 is 11.6 Å². The summed E-state index contributed by atoms with van der Waals surface area (Å²) in [4.78, 5) is 13.5. The second kappa shape index (κ2) is 8.57. The van der Waals surface area contributed by atoms with Crippen LogP contribution in [0.25, 0.3) is 18.0 Å². The molecule has 0 saturated heterocycles. The number of hydrogen-bond acceptors (Lipinski definition) is 6. The van der Waals surface area contributed by atoms with Crippen LogP contribution in [0.1, 0.15) is 34.6 Å². The molecule has 5 rings (SSSR count). The minimum Gasteiger partial charge on any atom is -0.493 e. The SMILES string of the molecule is COc1cc(/C=C/c2nc3n(n2)CCOC3c2ccc(Cl)cc2)cnc1-n1cnc(C)c1. The van der Waals surface area contributed by atoms with Gasteiger partial charge in [0, 0.05) is 17.4 Å². The number of hydrogen-bond donors (Lipinski definition) is 0. The van der Waals surface area contributed by atoms with E-state index in [0.29, 0.717) is 35.6 Å². The fourth-order valence-electron chi connectivity index (χ4n) is 3.61. The third kappa shape index (κ3) is 4.02. The molecule has 1 unspecified atom stereocenters. The van der Waals surface area contributed by atoms with Gasteiger partial charge in [-0.2, -0.15) is 5.10 Å². The summed E-state index contributed by atoms with van der Waals surface area (Å²) in [5.74, 6) is 2.72. The first-order chi connectivity index (χ1) is 15.6. The number of methoxy groups -OCH3 is 1. The molecular weight excluding hydrogens is 428 g/mol. The van der Waals surface area contributed by atoms with Crippen molar-refractivity contribution in [3.05, 3.63) is 82.5 Å². The number of ether oxygens (including phenoxy) is 2. The largest absolute Gasteiger partial charge is 0.493 e. The summed E-state index contributed by atoms with van der Waals surface area (Å²) in [5.41, 5.74) is 2.78. The van der Waals surface area contributed by atoms with E-state index in [1.165, 1.54) is 0 Å². The molecule has 4 heterocycles. The van der Waals surface area contributed by atoms with Crippen LogP contribution in [0.2, 0.25) is 5.02 Å². The first kappa shape index (κ1) is 20.4. The molecule has 162 valence electrons. The summed E-state index contributed by atoms with van der Waals surface area (Å²) in [6.07, 6.45) is 8.90. The fourth-order valence-corrected chi connectivity index (χ4v) is 3.74. The number of fused-ring (bicyclic) bond motifs is 1. The maximum absolute atomic E-state index is 6.02.